The lowest BCUT2D eigenvalue weighted by molar-refractivity contribution is 0.140. The summed E-state index contributed by atoms with van der Waals surface area (Å²) in [4.78, 5) is 11.6. The van der Waals surface area contributed by atoms with Crippen molar-refractivity contribution in [3.63, 3.8) is 0 Å². The zero-order chi connectivity index (χ0) is 16.6. The standard InChI is InChI=1S/C20H17NO2S/c22-20(23-15-16-7-2-1-3-8-16)21-13-5-4-9-17-10-6-11-18-12-14-24-19(17)18/h1-3,6-8,10-12,14H,5,13,15H2,(H,21,22). The zero-order valence-electron chi connectivity index (χ0n) is 13.1. The van der Waals surface area contributed by atoms with Crippen LogP contribution >= 0.6 is 11.3 Å². The number of rotatable bonds is 4. The van der Waals surface area contributed by atoms with Gasteiger partial charge in [-0.3, -0.25) is 0 Å². The summed E-state index contributed by atoms with van der Waals surface area (Å²) in [6.07, 6.45) is 0.170. The molecule has 0 aliphatic rings. The topological polar surface area (TPSA) is 38.3 Å². The summed E-state index contributed by atoms with van der Waals surface area (Å²) < 4.78 is 6.35. The molecule has 0 saturated carbocycles. The van der Waals surface area contributed by atoms with E-state index in [0.29, 0.717) is 13.0 Å². The van der Waals surface area contributed by atoms with Crippen LogP contribution < -0.4 is 5.32 Å². The molecule has 3 rings (SSSR count). The van der Waals surface area contributed by atoms with E-state index in [-0.39, 0.29) is 6.61 Å². The van der Waals surface area contributed by atoms with E-state index in [4.69, 9.17) is 4.74 Å². The summed E-state index contributed by atoms with van der Waals surface area (Å²) in [6, 6.07) is 17.8. The molecule has 0 spiro atoms. The van der Waals surface area contributed by atoms with Gasteiger partial charge < -0.3 is 10.1 Å². The van der Waals surface area contributed by atoms with E-state index < -0.39 is 6.09 Å². The van der Waals surface area contributed by atoms with Gasteiger partial charge in [0.2, 0.25) is 0 Å². The fourth-order valence-electron chi connectivity index (χ4n) is 2.25. The molecule has 2 aromatic carbocycles. The Labute approximate surface area is 145 Å². The average Bonchev–Trinajstić information content (AvgIpc) is 3.10. The summed E-state index contributed by atoms with van der Waals surface area (Å²) in [5.74, 6) is 6.27. The van der Waals surface area contributed by atoms with E-state index in [2.05, 4.69) is 34.7 Å². The predicted octanol–water partition coefficient (Wildman–Crippen LogP) is 4.57. The minimum absolute atomic E-state index is 0.277. The van der Waals surface area contributed by atoms with Crippen LogP contribution in [-0.4, -0.2) is 12.6 Å². The highest BCUT2D eigenvalue weighted by atomic mass is 32.1. The molecule has 1 N–H and O–H groups in total. The number of nitrogens with one attached hydrogen (secondary N) is 1. The Kier molecular flexibility index (Phi) is 5.49. The SMILES string of the molecule is O=C(NCCC#Cc1cccc2ccsc12)OCc1ccccc1. The number of fused-ring (bicyclic) bond motifs is 1. The van der Waals surface area contributed by atoms with Gasteiger partial charge in [-0.1, -0.05) is 54.3 Å². The molecule has 0 aliphatic carbocycles. The maximum Gasteiger partial charge on any atom is 0.407 e. The second-order valence-corrected chi connectivity index (χ2v) is 6.10. The van der Waals surface area contributed by atoms with E-state index in [1.54, 1.807) is 11.3 Å². The number of hydrogen-bond acceptors (Lipinski definition) is 3. The first-order chi connectivity index (χ1) is 11.8. The van der Waals surface area contributed by atoms with Crippen LogP contribution in [0.2, 0.25) is 0 Å². The Morgan fingerprint density at radius 3 is 2.83 bits per heavy atom. The third-order valence-electron chi connectivity index (χ3n) is 3.43. The number of alkyl carbamates (subject to hydrolysis) is 1. The molecule has 0 unspecified atom stereocenters. The summed E-state index contributed by atoms with van der Waals surface area (Å²) in [5, 5.41) is 6.00. The van der Waals surface area contributed by atoms with Gasteiger partial charge in [-0.2, -0.15) is 0 Å². The zero-order valence-corrected chi connectivity index (χ0v) is 13.9. The number of carbonyl (C=O) groups is 1. The van der Waals surface area contributed by atoms with Crippen molar-refractivity contribution in [2.45, 2.75) is 13.0 Å². The van der Waals surface area contributed by atoms with Crippen LogP contribution in [0.3, 0.4) is 0 Å². The Morgan fingerprint density at radius 2 is 1.96 bits per heavy atom. The smallest absolute Gasteiger partial charge is 0.407 e. The first-order valence-corrected chi connectivity index (χ1v) is 8.60. The van der Waals surface area contributed by atoms with Crippen LogP contribution in [0.5, 0.6) is 0 Å². The van der Waals surface area contributed by atoms with Gasteiger partial charge in [0, 0.05) is 23.2 Å². The maximum absolute atomic E-state index is 11.6. The molecule has 0 saturated heterocycles. The average molecular weight is 335 g/mol. The van der Waals surface area contributed by atoms with Gasteiger partial charge in [0.15, 0.2) is 0 Å². The predicted molar refractivity (Wildman–Crippen MR) is 97.9 cm³/mol. The Bertz CT molecular complexity index is 875. The van der Waals surface area contributed by atoms with Gasteiger partial charge in [0.1, 0.15) is 6.61 Å². The van der Waals surface area contributed by atoms with E-state index in [9.17, 15) is 4.79 Å². The second kappa shape index (κ2) is 8.19. The van der Waals surface area contributed by atoms with E-state index >= 15 is 0 Å². The number of hydrogen-bond donors (Lipinski definition) is 1. The number of ether oxygens (including phenoxy) is 1. The van der Waals surface area contributed by atoms with Gasteiger partial charge in [0.05, 0.1) is 0 Å². The first kappa shape index (κ1) is 16.1. The Hall–Kier alpha value is -2.77. The van der Waals surface area contributed by atoms with Crippen molar-refractivity contribution in [2.24, 2.45) is 0 Å². The van der Waals surface area contributed by atoms with Crippen LogP contribution in [0.25, 0.3) is 10.1 Å². The summed E-state index contributed by atoms with van der Waals surface area (Å²) in [5.41, 5.74) is 2.01. The van der Waals surface area contributed by atoms with Gasteiger partial charge in [-0.15, -0.1) is 11.3 Å². The number of carbonyl (C=O) groups excluding carboxylic acids is 1. The monoisotopic (exact) mass is 335 g/mol. The Morgan fingerprint density at radius 1 is 1.08 bits per heavy atom. The molecular formula is C20H17NO2S. The maximum atomic E-state index is 11.6. The van der Waals surface area contributed by atoms with Crippen LogP contribution in [-0.2, 0) is 11.3 Å². The number of amides is 1. The third-order valence-corrected chi connectivity index (χ3v) is 4.40. The molecule has 0 radical (unpaired) electrons. The van der Waals surface area contributed by atoms with Crippen molar-refractivity contribution in [3.05, 3.63) is 71.1 Å². The second-order valence-electron chi connectivity index (χ2n) is 5.18. The quantitative estimate of drug-likeness (QED) is 0.560. The molecule has 0 fully saturated rings. The van der Waals surface area contributed by atoms with Gasteiger partial charge in [-0.05, 0) is 28.5 Å². The molecule has 1 aromatic heterocycles. The molecule has 24 heavy (non-hydrogen) atoms. The highest BCUT2D eigenvalue weighted by Gasteiger charge is 2.01. The molecule has 1 amide bonds. The number of thiophene rings is 1. The third kappa shape index (κ3) is 4.37. The lowest BCUT2D eigenvalue weighted by atomic mass is 10.2. The van der Waals surface area contributed by atoms with E-state index in [1.807, 2.05) is 42.5 Å². The van der Waals surface area contributed by atoms with Crippen LogP contribution in [0.1, 0.15) is 17.5 Å². The molecule has 0 aliphatic heterocycles. The largest absolute Gasteiger partial charge is 0.445 e. The molecular weight excluding hydrogens is 318 g/mol. The van der Waals surface area contributed by atoms with Crippen molar-refractivity contribution < 1.29 is 9.53 Å². The lowest BCUT2D eigenvalue weighted by Gasteiger charge is -2.05. The Balaban J connectivity index is 1.43. The lowest BCUT2D eigenvalue weighted by Crippen LogP contribution is -2.24. The van der Waals surface area contributed by atoms with Crippen LogP contribution in [0, 0.1) is 11.8 Å². The van der Waals surface area contributed by atoms with E-state index in [0.717, 1.165) is 11.1 Å². The minimum atomic E-state index is -0.416. The van der Waals surface area contributed by atoms with Gasteiger partial charge in [0.25, 0.3) is 0 Å². The molecule has 0 atom stereocenters. The fraction of sp³-hybridized carbons (Fsp3) is 0.150. The summed E-state index contributed by atoms with van der Waals surface area (Å²) >= 11 is 1.69. The van der Waals surface area contributed by atoms with Crippen molar-refractivity contribution in [3.8, 4) is 11.8 Å². The van der Waals surface area contributed by atoms with E-state index in [1.165, 1.54) is 10.1 Å². The minimum Gasteiger partial charge on any atom is -0.445 e. The highest BCUT2D eigenvalue weighted by molar-refractivity contribution is 7.17. The molecule has 0 bridgehead atoms. The molecule has 120 valence electrons. The van der Waals surface area contributed by atoms with Crippen LogP contribution in [0.4, 0.5) is 4.79 Å². The first-order valence-electron chi connectivity index (χ1n) is 7.72. The fourth-order valence-corrected chi connectivity index (χ4v) is 3.12. The summed E-state index contributed by atoms with van der Waals surface area (Å²) in [7, 11) is 0. The van der Waals surface area contributed by atoms with Crippen molar-refractivity contribution >= 4 is 27.5 Å². The summed E-state index contributed by atoms with van der Waals surface area (Å²) in [6.45, 7) is 0.750. The molecule has 1 heterocycles. The van der Waals surface area contributed by atoms with Gasteiger partial charge >= 0.3 is 6.09 Å². The molecule has 4 heteroatoms. The normalized spacial score (nSPS) is 10.0. The molecule has 3 nitrogen and oxygen atoms in total. The molecule has 3 aromatic rings. The number of benzene rings is 2. The van der Waals surface area contributed by atoms with Crippen LogP contribution in [0.15, 0.2) is 60.0 Å². The van der Waals surface area contributed by atoms with Gasteiger partial charge in [-0.25, -0.2) is 4.79 Å². The van der Waals surface area contributed by atoms with Crippen molar-refractivity contribution in [1.82, 2.24) is 5.32 Å². The van der Waals surface area contributed by atoms with Crippen molar-refractivity contribution in [1.29, 1.82) is 0 Å². The highest BCUT2D eigenvalue weighted by Crippen LogP contribution is 2.23. The van der Waals surface area contributed by atoms with Crippen molar-refractivity contribution in [2.75, 3.05) is 6.54 Å².